The Morgan fingerprint density at radius 1 is 1.07 bits per heavy atom. The molecular weight excluding hydrogens is 256 g/mol. The van der Waals surface area contributed by atoms with E-state index < -0.39 is 0 Å². The van der Waals surface area contributed by atoms with Gasteiger partial charge in [-0.2, -0.15) is 11.8 Å². The minimum absolute atomic E-state index is 1.12. The van der Waals surface area contributed by atoms with Gasteiger partial charge in [0.1, 0.15) is 0 Å². The first-order valence-electron chi connectivity index (χ1n) is 4.99. The number of hydrogen-bond acceptors (Lipinski definition) is 1. The highest BCUT2D eigenvalue weighted by atomic mass is 79.9. The van der Waals surface area contributed by atoms with Crippen molar-refractivity contribution in [3.63, 3.8) is 0 Å². The Morgan fingerprint density at radius 3 is 2.29 bits per heavy atom. The molecule has 0 atom stereocenters. The van der Waals surface area contributed by atoms with Crippen LogP contribution in [0.5, 0.6) is 0 Å². The number of unbranched alkanes of at least 4 members (excludes halogenated alkanes) is 1. The highest BCUT2D eigenvalue weighted by Gasteiger charge is 1.94. The molecule has 0 fully saturated rings. The Balaban J connectivity index is 2.38. The predicted molar refractivity (Wildman–Crippen MR) is 70.4 cm³/mol. The molecule has 0 aromatic heterocycles. The molecule has 1 rings (SSSR count). The van der Waals surface area contributed by atoms with Crippen LogP contribution in [0.3, 0.4) is 0 Å². The van der Waals surface area contributed by atoms with Crippen molar-refractivity contribution in [2.75, 3.05) is 11.6 Å². The molecule has 0 aliphatic carbocycles. The third-order valence-corrected chi connectivity index (χ3v) is 3.37. The zero-order valence-electron chi connectivity index (χ0n) is 8.63. The molecule has 0 amide bonds. The normalized spacial score (nSPS) is 10.4. The van der Waals surface area contributed by atoms with Crippen molar-refractivity contribution in [3.8, 4) is 0 Å². The molecule has 14 heavy (non-hydrogen) atoms. The van der Waals surface area contributed by atoms with Gasteiger partial charge in [0.2, 0.25) is 0 Å². The Hall–Kier alpha value is 0.0500. The number of alkyl halides is 1. The summed E-state index contributed by atoms with van der Waals surface area (Å²) in [4.78, 5) is 0. The summed E-state index contributed by atoms with van der Waals surface area (Å²) in [5.74, 6) is 1.13. The SMILES string of the molecule is CSCc1ccc(CCCCBr)cc1. The molecule has 0 nitrogen and oxygen atoms in total. The monoisotopic (exact) mass is 272 g/mol. The van der Waals surface area contributed by atoms with Gasteiger partial charge >= 0.3 is 0 Å². The number of rotatable bonds is 6. The van der Waals surface area contributed by atoms with Gasteiger partial charge in [0.15, 0.2) is 0 Å². The molecule has 0 saturated carbocycles. The summed E-state index contributed by atoms with van der Waals surface area (Å²) in [5.41, 5.74) is 2.90. The Bertz CT molecular complexity index is 243. The molecule has 0 heterocycles. The van der Waals surface area contributed by atoms with Crippen molar-refractivity contribution in [1.82, 2.24) is 0 Å². The maximum atomic E-state index is 3.45. The van der Waals surface area contributed by atoms with Crippen LogP contribution in [0.2, 0.25) is 0 Å². The van der Waals surface area contributed by atoms with E-state index in [0.29, 0.717) is 0 Å². The molecule has 0 radical (unpaired) electrons. The highest BCUT2D eigenvalue weighted by molar-refractivity contribution is 9.09. The van der Waals surface area contributed by atoms with Crippen LogP contribution in [0.1, 0.15) is 24.0 Å². The summed E-state index contributed by atoms with van der Waals surface area (Å²) in [7, 11) is 0. The third-order valence-electron chi connectivity index (χ3n) is 2.18. The Morgan fingerprint density at radius 2 is 1.71 bits per heavy atom. The van der Waals surface area contributed by atoms with E-state index >= 15 is 0 Å². The summed E-state index contributed by atoms with van der Waals surface area (Å²) in [5, 5.41) is 1.12. The summed E-state index contributed by atoms with van der Waals surface area (Å²) in [6.45, 7) is 0. The number of benzene rings is 1. The minimum atomic E-state index is 1.12. The van der Waals surface area contributed by atoms with Gasteiger partial charge in [-0.25, -0.2) is 0 Å². The fraction of sp³-hybridized carbons (Fsp3) is 0.500. The smallest absolute Gasteiger partial charge is 0.0181 e. The van der Waals surface area contributed by atoms with Gasteiger partial charge in [0, 0.05) is 11.1 Å². The van der Waals surface area contributed by atoms with E-state index in [0.717, 1.165) is 11.1 Å². The number of aryl methyl sites for hydroxylation is 1. The third kappa shape index (κ3) is 4.52. The zero-order valence-corrected chi connectivity index (χ0v) is 11.0. The molecule has 1 aromatic rings. The van der Waals surface area contributed by atoms with Gasteiger partial charge in [0.05, 0.1) is 0 Å². The topological polar surface area (TPSA) is 0 Å². The van der Waals surface area contributed by atoms with Crippen molar-refractivity contribution in [2.45, 2.75) is 25.0 Å². The van der Waals surface area contributed by atoms with Crippen LogP contribution >= 0.6 is 27.7 Å². The molecular formula is C12H17BrS. The summed E-state index contributed by atoms with van der Waals surface area (Å²) in [6, 6.07) is 9.03. The highest BCUT2D eigenvalue weighted by Crippen LogP contribution is 2.12. The fourth-order valence-corrected chi connectivity index (χ4v) is 2.31. The van der Waals surface area contributed by atoms with Gasteiger partial charge < -0.3 is 0 Å². The quantitative estimate of drug-likeness (QED) is 0.551. The van der Waals surface area contributed by atoms with Crippen LogP contribution in [-0.2, 0) is 12.2 Å². The standard InChI is InChI=1S/C12H17BrS/c1-14-10-12-7-5-11(6-8-12)4-2-3-9-13/h5-8H,2-4,9-10H2,1H3. The number of thioether (sulfide) groups is 1. The van der Waals surface area contributed by atoms with E-state index in [1.54, 1.807) is 0 Å². The lowest BCUT2D eigenvalue weighted by atomic mass is 10.1. The first-order chi connectivity index (χ1) is 6.86. The van der Waals surface area contributed by atoms with Gasteiger partial charge in [-0.1, -0.05) is 40.2 Å². The lowest BCUT2D eigenvalue weighted by Gasteiger charge is -2.02. The van der Waals surface area contributed by atoms with Gasteiger partial charge in [-0.15, -0.1) is 0 Å². The van der Waals surface area contributed by atoms with Gasteiger partial charge in [0.25, 0.3) is 0 Å². The Labute approximate surface area is 99.6 Å². The largest absolute Gasteiger partial charge is 0.161 e. The molecule has 0 N–H and O–H groups in total. The van der Waals surface area contributed by atoms with Crippen molar-refractivity contribution in [1.29, 1.82) is 0 Å². The average Bonchev–Trinajstić information content (AvgIpc) is 2.21. The summed E-state index contributed by atoms with van der Waals surface area (Å²) < 4.78 is 0. The first-order valence-corrected chi connectivity index (χ1v) is 7.51. The lowest BCUT2D eigenvalue weighted by Crippen LogP contribution is -1.87. The van der Waals surface area contributed by atoms with E-state index in [1.807, 2.05) is 11.8 Å². The molecule has 2 heteroatoms. The van der Waals surface area contributed by atoms with Crippen LogP contribution in [-0.4, -0.2) is 11.6 Å². The van der Waals surface area contributed by atoms with Gasteiger partial charge in [-0.05, 0) is 36.6 Å². The van der Waals surface area contributed by atoms with E-state index in [1.165, 1.54) is 30.4 Å². The van der Waals surface area contributed by atoms with Crippen LogP contribution in [0.15, 0.2) is 24.3 Å². The van der Waals surface area contributed by atoms with E-state index in [9.17, 15) is 0 Å². The maximum Gasteiger partial charge on any atom is 0.0181 e. The van der Waals surface area contributed by atoms with Crippen LogP contribution < -0.4 is 0 Å². The molecule has 0 aliphatic heterocycles. The van der Waals surface area contributed by atoms with Crippen LogP contribution in [0.4, 0.5) is 0 Å². The molecule has 0 aliphatic rings. The zero-order chi connectivity index (χ0) is 10.2. The van der Waals surface area contributed by atoms with Crippen molar-refractivity contribution in [2.24, 2.45) is 0 Å². The molecule has 0 saturated heterocycles. The van der Waals surface area contributed by atoms with E-state index in [2.05, 4.69) is 46.5 Å². The fourth-order valence-electron chi connectivity index (χ4n) is 1.39. The predicted octanol–water partition coefficient (Wildman–Crippen LogP) is 4.27. The van der Waals surface area contributed by atoms with Crippen molar-refractivity contribution in [3.05, 3.63) is 35.4 Å². The lowest BCUT2D eigenvalue weighted by molar-refractivity contribution is 0.806. The minimum Gasteiger partial charge on any atom is -0.161 e. The molecule has 1 aromatic carbocycles. The molecule has 78 valence electrons. The molecule has 0 unspecified atom stereocenters. The Kier molecular flexibility index (Phi) is 6.37. The second kappa shape index (κ2) is 7.36. The van der Waals surface area contributed by atoms with E-state index in [4.69, 9.17) is 0 Å². The second-order valence-corrected chi connectivity index (χ2v) is 5.05. The van der Waals surface area contributed by atoms with Gasteiger partial charge in [-0.3, -0.25) is 0 Å². The number of hydrogen-bond donors (Lipinski definition) is 0. The molecule has 0 spiro atoms. The second-order valence-electron chi connectivity index (χ2n) is 3.40. The summed E-state index contributed by atoms with van der Waals surface area (Å²) >= 11 is 5.33. The number of halogens is 1. The first kappa shape index (κ1) is 12.1. The maximum absolute atomic E-state index is 3.45. The van der Waals surface area contributed by atoms with Crippen molar-refractivity contribution < 1.29 is 0 Å². The van der Waals surface area contributed by atoms with Crippen LogP contribution in [0, 0.1) is 0 Å². The summed E-state index contributed by atoms with van der Waals surface area (Å²) in [6.07, 6.45) is 5.91. The van der Waals surface area contributed by atoms with Crippen molar-refractivity contribution >= 4 is 27.7 Å². The van der Waals surface area contributed by atoms with E-state index in [-0.39, 0.29) is 0 Å². The average molecular weight is 273 g/mol. The molecule has 0 bridgehead atoms. The van der Waals surface area contributed by atoms with Crippen LogP contribution in [0.25, 0.3) is 0 Å².